The molecule has 1 heterocycles. The van der Waals surface area contributed by atoms with E-state index < -0.39 is 0 Å². The molecule has 0 bridgehead atoms. The van der Waals surface area contributed by atoms with Gasteiger partial charge in [0, 0.05) is 25.5 Å². The molecule has 0 spiro atoms. The van der Waals surface area contributed by atoms with Crippen molar-refractivity contribution >= 4 is 11.9 Å². The molecule has 1 aromatic carbocycles. The highest BCUT2D eigenvalue weighted by Gasteiger charge is 2.21. The maximum atomic E-state index is 8.86. The molecule has 4 nitrogen and oxygen atoms in total. The third kappa shape index (κ3) is 2.00. The molecule has 0 aromatic heterocycles. The van der Waals surface area contributed by atoms with Crippen LogP contribution in [0.15, 0.2) is 30.1 Å². The molecule has 86 valence electrons. The second-order valence-corrected chi connectivity index (χ2v) is 3.83. The van der Waals surface area contributed by atoms with Gasteiger partial charge in [-0.25, -0.2) is 0 Å². The molecule has 0 saturated heterocycles. The minimum absolute atomic E-state index is 0.702. The SMILES string of the molecule is CN/C(=C\C=N)N1CCc2cc(C#N)ccc21. The van der Waals surface area contributed by atoms with Crippen molar-refractivity contribution in [2.75, 3.05) is 18.5 Å². The molecule has 0 saturated carbocycles. The number of hydrogen-bond acceptors (Lipinski definition) is 4. The molecular formula is C13H14N4. The molecule has 2 rings (SSSR count). The average molecular weight is 226 g/mol. The first-order valence-corrected chi connectivity index (χ1v) is 5.49. The zero-order valence-electron chi connectivity index (χ0n) is 9.70. The van der Waals surface area contributed by atoms with Gasteiger partial charge in [0.05, 0.1) is 11.6 Å². The highest BCUT2D eigenvalue weighted by Crippen LogP contribution is 2.30. The molecule has 1 aliphatic rings. The van der Waals surface area contributed by atoms with E-state index in [4.69, 9.17) is 10.7 Å². The summed E-state index contributed by atoms with van der Waals surface area (Å²) in [6, 6.07) is 7.89. The van der Waals surface area contributed by atoms with Crippen LogP contribution in [0, 0.1) is 16.7 Å². The monoisotopic (exact) mass is 226 g/mol. The molecule has 4 heteroatoms. The molecule has 0 amide bonds. The van der Waals surface area contributed by atoms with Gasteiger partial charge in [0.15, 0.2) is 0 Å². The summed E-state index contributed by atoms with van der Waals surface area (Å²) in [6.07, 6.45) is 3.93. The first-order valence-electron chi connectivity index (χ1n) is 5.49. The van der Waals surface area contributed by atoms with Gasteiger partial charge in [-0.1, -0.05) is 0 Å². The number of benzene rings is 1. The summed E-state index contributed by atoms with van der Waals surface area (Å²) in [6.45, 7) is 0.880. The first-order chi connectivity index (χ1) is 8.30. The summed E-state index contributed by atoms with van der Waals surface area (Å²) in [5.74, 6) is 0.906. The fourth-order valence-electron chi connectivity index (χ4n) is 2.11. The van der Waals surface area contributed by atoms with Gasteiger partial charge in [-0.05, 0) is 36.3 Å². The van der Waals surface area contributed by atoms with E-state index in [0.29, 0.717) is 5.56 Å². The zero-order valence-corrected chi connectivity index (χ0v) is 9.70. The summed E-state index contributed by atoms with van der Waals surface area (Å²) < 4.78 is 0. The average Bonchev–Trinajstić information content (AvgIpc) is 2.78. The summed E-state index contributed by atoms with van der Waals surface area (Å²) in [5.41, 5.74) is 3.01. The Hall–Kier alpha value is -2.28. The van der Waals surface area contributed by atoms with Gasteiger partial charge < -0.3 is 15.6 Å². The van der Waals surface area contributed by atoms with E-state index in [9.17, 15) is 0 Å². The van der Waals surface area contributed by atoms with Crippen LogP contribution in [0.3, 0.4) is 0 Å². The third-order valence-electron chi connectivity index (χ3n) is 2.89. The van der Waals surface area contributed by atoms with Crippen molar-refractivity contribution in [3.63, 3.8) is 0 Å². The van der Waals surface area contributed by atoms with E-state index in [1.54, 1.807) is 6.08 Å². The molecule has 0 unspecified atom stereocenters. The highest BCUT2D eigenvalue weighted by atomic mass is 15.2. The van der Waals surface area contributed by atoms with E-state index in [-0.39, 0.29) is 0 Å². The van der Waals surface area contributed by atoms with E-state index in [0.717, 1.165) is 24.5 Å². The van der Waals surface area contributed by atoms with Gasteiger partial charge in [0.25, 0.3) is 0 Å². The second kappa shape index (κ2) is 4.71. The Kier molecular flexibility index (Phi) is 3.10. The molecule has 1 aromatic rings. The Labute approximate surface area is 101 Å². The number of allylic oxidation sites excluding steroid dienone is 1. The molecule has 17 heavy (non-hydrogen) atoms. The first kappa shape index (κ1) is 11.2. The van der Waals surface area contributed by atoms with E-state index in [1.165, 1.54) is 11.8 Å². The van der Waals surface area contributed by atoms with Gasteiger partial charge in [0.2, 0.25) is 0 Å². The van der Waals surface area contributed by atoms with Crippen molar-refractivity contribution in [1.82, 2.24) is 5.32 Å². The standard InChI is InChI=1S/C13H14N4/c1-16-13(4-6-14)17-7-5-11-8-10(9-15)2-3-12(11)17/h2-4,6,8,14,16H,5,7H2,1H3/b13-4+,14-6?. The number of hydrogen-bond donors (Lipinski definition) is 2. The van der Waals surface area contributed by atoms with Crippen molar-refractivity contribution in [1.29, 1.82) is 10.7 Å². The lowest BCUT2D eigenvalue weighted by Crippen LogP contribution is -2.28. The summed E-state index contributed by atoms with van der Waals surface area (Å²) >= 11 is 0. The van der Waals surface area contributed by atoms with Crippen LogP contribution in [0.5, 0.6) is 0 Å². The zero-order chi connectivity index (χ0) is 12.3. The van der Waals surface area contributed by atoms with E-state index >= 15 is 0 Å². The normalized spacial score (nSPS) is 14.1. The molecule has 0 atom stereocenters. The molecule has 0 fully saturated rings. The summed E-state index contributed by atoms with van der Waals surface area (Å²) in [4.78, 5) is 2.13. The predicted molar refractivity (Wildman–Crippen MR) is 68.1 cm³/mol. The van der Waals surface area contributed by atoms with Crippen molar-refractivity contribution in [2.24, 2.45) is 0 Å². The van der Waals surface area contributed by atoms with Crippen LogP contribution in [0.25, 0.3) is 0 Å². The second-order valence-electron chi connectivity index (χ2n) is 3.83. The van der Waals surface area contributed by atoms with Crippen molar-refractivity contribution in [3.8, 4) is 6.07 Å². The van der Waals surface area contributed by atoms with Crippen LogP contribution in [0.4, 0.5) is 5.69 Å². The number of anilines is 1. The van der Waals surface area contributed by atoms with Crippen LogP contribution in [0.2, 0.25) is 0 Å². The Morgan fingerprint density at radius 2 is 2.41 bits per heavy atom. The topological polar surface area (TPSA) is 62.9 Å². The maximum Gasteiger partial charge on any atom is 0.107 e. The van der Waals surface area contributed by atoms with Crippen molar-refractivity contribution < 1.29 is 0 Å². The Bertz CT molecular complexity index is 511. The quantitative estimate of drug-likeness (QED) is 0.770. The third-order valence-corrected chi connectivity index (χ3v) is 2.89. The van der Waals surface area contributed by atoms with Gasteiger partial charge in [-0.15, -0.1) is 0 Å². The van der Waals surface area contributed by atoms with Crippen molar-refractivity contribution in [2.45, 2.75) is 6.42 Å². The number of fused-ring (bicyclic) bond motifs is 1. The van der Waals surface area contributed by atoms with Gasteiger partial charge in [-0.3, -0.25) is 0 Å². The van der Waals surface area contributed by atoms with Crippen LogP contribution < -0.4 is 10.2 Å². The number of rotatable bonds is 3. The Morgan fingerprint density at radius 1 is 1.59 bits per heavy atom. The smallest absolute Gasteiger partial charge is 0.107 e. The highest BCUT2D eigenvalue weighted by molar-refractivity contribution is 5.72. The van der Waals surface area contributed by atoms with Crippen molar-refractivity contribution in [3.05, 3.63) is 41.2 Å². The number of nitriles is 1. The lowest BCUT2D eigenvalue weighted by atomic mass is 10.1. The fourth-order valence-corrected chi connectivity index (χ4v) is 2.11. The van der Waals surface area contributed by atoms with Crippen LogP contribution in [-0.2, 0) is 6.42 Å². The molecule has 0 aliphatic carbocycles. The predicted octanol–water partition coefficient (Wildman–Crippen LogP) is 1.63. The minimum Gasteiger partial charge on any atom is -0.374 e. The van der Waals surface area contributed by atoms with Crippen LogP contribution in [-0.4, -0.2) is 19.8 Å². The Balaban J connectivity index is 2.38. The lowest BCUT2D eigenvalue weighted by Gasteiger charge is -2.22. The molecule has 2 N–H and O–H groups in total. The molecule has 0 radical (unpaired) electrons. The van der Waals surface area contributed by atoms with Gasteiger partial charge in [0.1, 0.15) is 5.82 Å². The van der Waals surface area contributed by atoms with E-state index in [2.05, 4.69) is 16.3 Å². The van der Waals surface area contributed by atoms with Crippen LogP contribution in [0.1, 0.15) is 11.1 Å². The summed E-state index contributed by atoms with van der Waals surface area (Å²) in [7, 11) is 1.84. The van der Waals surface area contributed by atoms with Gasteiger partial charge in [-0.2, -0.15) is 5.26 Å². The maximum absolute atomic E-state index is 8.86. The number of nitrogens with one attached hydrogen (secondary N) is 2. The largest absolute Gasteiger partial charge is 0.374 e. The Morgan fingerprint density at radius 3 is 3.06 bits per heavy atom. The number of nitrogens with zero attached hydrogens (tertiary/aromatic N) is 2. The molecular weight excluding hydrogens is 212 g/mol. The summed E-state index contributed by atoms with van der Waals surface area (Å²) in [5, 5.41) is 19.1. The lowest BCUT2D eigenvalue weighted by molar-refractivity contribution is 0.849. The van der Waals surface area contributed by atoms with Gasteiger partial charge >= 0.3 is 0 Å². The minimum atomic E-state index is 0.702. The van der Waals surface area contributed by atoms with E-state index in [1.807, 2.05) is 25.2 Å². The van der Waals surface area contributed by atoms with Crippen LogP contribution >= 0.6 is 0 Å². The molecule has 1 aliphatic heterocycles. The fraction of sp³-hybridized carbons (Fsp3) is 0.231.